The molecule has 0 radical (unpaired) electrons. The molecular formula is C23H28N4O3. The topological polar surface area (TPSA) is 90.5 Å². The fourth-order valence-electron chi connectivity index (χ4n) is 3.55. The van der Waals surface area contributed by atoms with E-state index in [1.165, 1.54) is 5.56 Å². The highest BCUT2D eigenvalue weighted by Crippen LogP contribution is 2.25. The molecule has 0 bridgehead atoms. The minimum Gasteiger partial charge on any atom is -0.348 e. The molecule has 0 saturated carbocycles. The lowest BCUT2D eigenvalue weighted by atomic mass is 9.91. The maximum absolute atomic E-state index is 12.7. The van der Waals surface area contributed by atoms with Crippen molar-refractivity contribution >= 4 is 17.8 Å². The molecule has 30 heavy (non-hydrogen) atoms. The summed E-state index contributed by atoms with van der Waals surface area (Å²) in [5, 5.41) is 7.79. The van der Waals surface area contributed by atoms with Gasteiger partial charge in [0.2, 0.25) is 0 Å². The van der Waals surface area contributed by atoms with E-state index < -0.39 is 17.5 Å². The molecule has 0 spiro atoms. The monoisotopic (exact) mass is 408 g/mol. The molecule has 1 unspecified atom stereocenters. The van der Waals surface area contributed by atoms with E-state index >= 15 is 0 Å². The van der Waals surface area contributed by atoms with Crippen LogP contribution in [0.25, 0.3) is 0 Å². The number of hydrogen-bond acceptors (Lipinski definition) is 4. The number of carbonyl (C=O) groups excluding carboxylic acids is 3. The van der Waals surface area contributed by atoms with Crippen LogP contribution in [-0.2, 0) is 23.4 Å². The lowest BCUT2D eigenvalue weighted by Gasteiger charge is -2.21. The fourth-order valence-corrected chi connectivity index (χ4v) is 3.55. The second kappa shape index (κ2) is 9.09. The highest BCUT2D eigenvalue weighted by Gasteiger charge is 2.43. The van der Waals surface area contributed by atoms with Crippen molar-refractivity contribution < 1.29 is 14.4 Å². The van der Waals surface area contributed by atoms with Crippen LogP contribution in [0.15, 0.2) is 48.5 Å². The Morgan fingerprint density at radius 2 is 1.73 bits per heavy atom. The molecule has 1 aliphatic rings. The van der Waals surface area contributed by atoms with Crippen molar-refractivity contribution in [2.75, 3.05) is 13.1 Å². The first kappa shape index (κ1) is 21.5. The van der Waals surface area contributed by atoms with Gasteiger partial charge in [-0.25, -0.2) is 4.79 Å². The molecule has 1 aliphatic heterocycles. The second-order valence-corrected chi connectivity index (χ2v) is 7.58. The summed E-state index contributed by atoms with van der Waals surface area (Å²) in [5.41, 5.74) is 2.04. The lowest BCUT2D eigenvalue weighted by molar-refractivity contribution is -0.123. The number of benzene rings is 2. The maximum atomic E-state index is 12.7. The van der Waals surface area contributed by atoms with E-state index in [2.05, 4.69) is 46.8 Å². The molecule has 1 fully saturated rings. The van der Waals surface area contributed by atoms with Gasteiger partial charge in [-0.05, 0) is 48.8 Å². The van der Waals surface area contributed by atoms with E-state index in [4.69, 9.17) is 0 Å². The van der Waals surface area contributed by atoms with Crippen molar-refractivity contribution in [3.05, 3.63) is 70.8 Å². The number of imide groups is 1. The molecule has 0 aliphatic carbocycles. The summed E-state index contributed by atoms with van der Waals surface area (Å²) in [4.78, 5) is 38.7. The molecule has 3 rings (SSSR count). The first-order valence-corrected chi connectivity index (χ1v) is 10.2. The molecule has 1 saturated heterocycles. The van der Waals surface area contributed by atoms with Crippen molar-refractivity contribution in [3.8, 4) is 0 Å². The normalized spacial score (nSPS) is 18.3. The van der Waals surface area contributed by atoms with Crippen LogP contribution >= 0.6 is 0 Å². The van der Waals surface area contributed by atoms with Gasteiger partial charge in [-0.1, -0.05) is 50.2 Å². The second-order valence-electron chi connectivity index (χ2n) is 7.58. The minimum absolute atomic E-state index is 0.237. The smallest absolute Gasteiger partial charge is 0.322 e. The first-order valence-electron chi connectivity index (χ1n) is 10.2. The summed E-state index contributed by atoms with van der Waals surface area (Å²) in [7, 11) is 0. The summed E-state index contributed by atoms with van der Waals surface area (Å²) < 4.78 is 0. The van der Waals surface area contributed by atoms with Crippen molar-refractivity contribution in [2.45, 2.75) is 39.4 Å². The number of hydrogen-bond donors (Lipinski definition) is 3. The molecule has 2 aromatic carbocycles. The van der Waals surface area contributed by atoms with Gasteiger partial charge >= 0.3 is 6.03 Å². The van der Waals surface area contributed by atoms with Crippen LogP contribution in [0.3, 0.4) is 0 Å². The number of nitrogens with one attached hydrogen (secondary N) is 3. The summed E-state index contributed by atoms with van der Waals surface area (Å²) >= 11 is 0. The molecule has 4 amide bonds. The van der Waals surface area contributed by atoms with E-state index in [-0.39, 0.29) is 5.91 Å². The minimum atomic E-state index is -1.19. The van der Waals surface area contributed by atoms with Gasteiger partial charge in [-0.15, -0.1) is 0 Å². The van der Waals surface area contributed by atoms with Crippen LogP contribution in [0.5, 0.6) is 0 Å². The van der Waals surface area contributed by atoms with Crippen LogP contribution in [0.4, 0.5) is 4.79 Å². The Balaban J connectivity index is 1.68. The van der Waals surface area contributed by atoms with Gasteiger partial charge < -0.3 is 10.6 Å². The van der Waals surface area contributed by atoms with Crippen LogP contribution in [0, 0.1) is 0 Å². The zero-order valence-corrected chi connectivity index (χ0v) is 17.6. The summed E-state index contributed by atoms with van der Waals surface area (Å²) in [6.45, 7) is 9.17. The Labute approximate surface area is 176 Å². The van der Waals surface area contributed by atoms with E-state index in [0.29, 0.717) is 17.7 Å². The number of rotatable bonds is 8. The van der Waals surface area contributed by atoms with Crippen LogP contribution in [0.2, 0.25) is 0 Å². The Morgan fingerprint density at radius 3 is 2.40 bits per heavy atom. The molecule has 7 nitrogen and oxygen atoms in total. The zero-order valence-electron chi connectivity index (χ0n) is 17.6. The zero-order chi connectivity index (χ0) is 21.7. The highest BCUT2D eigenvalue weighted by atomic mass is 16.2. The average molecular weight is 409 g/mol. The molecule has 7 heteroatoms. The van der Waals surface area contributed by atoms with Crippen LogP contribution < -0.4 is 16.0 Å². The molecule has 1 atom stereocenters. The molecule has 1 heterocycles. The molecule has 2 aromatic rings. The van der Waals surface area contributed by atoms with Crippen molar-refractivity contribution in [1.82, 2.24) is 20.9 Å². The van der Waals surface area contributed by atoms with E-state index in [0.717, 1.165) is 25.2 Å². The number of urea groups is 1. The summed E-state index contributed by atoms with van der Waals surface area (Å²) in [6.07, 6.45) is 0. The Kier molecular flexibility index (Phi) is 6.52. The third-order valence-electron chi connectivity index (χ3n) is 5.49. The SMILES string of the molecule is CCN(CC)Cc1cccc(CNC(=O)c2cccc(C3(C)NC(=O)NC3=O)c2)c1. The van der Waals surface area contributed by atoms with Gasteiger partial charge in [0.25, 0.3) is 11.8 Å². The van der Waals surface area contributed by atoms with Gasteiger partial charge in [0, 0.05) is 18.7 Å². The standard InChI is InChI=1S/C23H28N4O3/c1-4-27(5-2)15-17-9-6-8-16(12-17)14-24-20(28)18-10-7-11-19(13-18)23(3)21(29)25-22(30)26-23/h6-13H,4-5,14-15H2,1-3H3,(H,24,28)(H2,25,26,29,30). The summed E-state index contributed by atoms with van der Waals surface area (Å²) in [5.74, 6) is -0.672. The Hall–Kier alpha value is -3.19. The third-order valence-corrected chi connectivity index (χ3v) is 5.49. The summed E-state index contributed by atoms with van der Waals surface area (Å²) in [6, 6.07) is 14.4. The van der Waals surface area contributed by atoms with Crippen LogP contribution in [0.1, 0.15) is 47.8 Å². The Morgan fingerprint density at radius 1 is 1.03 bits per heavy atom. The maximum Gasteiger partial charge on any atom is 0.322 e. The molecule has 0 aromatic heterocycles. The number of carbonyl (C=O) groups is 3. The van der Waals surface area contributed by atoms with Gasteiger partial charge in [0.05, 0.1) is 0 Å². The van der Waals surface area contributed by atoms with Crippen molar-refractivity contribution in [1.29, 1.82) is 0 Å². The average Bonchev–Trinajstić information content (AvgIpc) is 3.03. The van der Waals surface area contributed by atoms with Gasteiger partial charge in [0.15, 0.2) is 0 Å². The molecule has 3 N–H and O–H groups in total. The predicted molar refractivity (Wildman–Crippen MR) is 115 cm³/mol. The molecular weight excluding hydrogens is 380 g/mol. The van der Waals surface area contributed by atoms with Crippen LogP contribution in [-0.4, -0.2) is 35.8 Å². The van der Waals surface area contributed by atoms with Gasteiger partial charge in [0.1, 0.15) is 5.54 Å². The molecule has 158 valence electrons. The van der Waals surface area contributed by atoms with E-state index in [1.807, 2.05) is 12.1 Å². The highest BCUT2D eigenvalue weighted by molar-refractivity contribution is 6.07. The quantitative estimate of drug-likeness (QED) is 0.586. The largest absolute Gasteiger partial charge is 0.348 e. The van der Waals surface area contributed by atoms with E-state index in [9.17, 15) is 14.4 Å². The number of nitrogens with zero attached hydrogens (tertiary/aromatic N) is 1. The van der Waals surface area contributed by atoms with Gasteiger partial charge in [-0.2, -0.15) is 0 Å². The van der Waals surface area contributed by atoms with E-state index in [1.54, 1.807) is 31.2 Å². The lowest BCUT2D eigenvalue weighted by Crippen LogP contribution is -2.40. The van der Waals surface area contributed by atoms with Crippen molar-refractivity contribution in [3.63, 3.8) is 0 Å². The fraction of sp³-hybridized carbons (Fsp3) is 0.348. The predicted octanol–water partition coefficient (Wildman–Crippen LogP) is 2.51. The van der Waals surface area contributed by atoms with Gasteiger partial charge in [-0.3, -0.25) is 19.8 Å². The first-order chi connectivity index (χ1) is 14.4. The Bertz CT molecular complexity index is 955. The van der Waals surface area contributed by atoms with Crippen molar-refractivity contribution in [2.24, 2.45) is 0 Å². The third kappa shape index (κ3) is 4.68. The number of amides is 4.